The molecule has 0 amide bonds. The van der Waals surface area contributed by atoms with Crippen molar-refractivity contribution in [2.45, 2.75) is 145 Å². The van der Waals surface area contributed by atoms with Gasteiger partial charge in [0.15, 0.2) is 23.3 Å². The van der Waals surface area contributed by atoms with Crippen LogP contribution in [-0.2, 0) is 88.4 Å². The third-order valence-electron chi connectivity index (χ3n) is 17.9. The van der Waals surface area contributed by atoms with Crippen LogP contribution in [0.1, 0.15) is 159 Å². The molecule has 12 nitrogen and oxygen atoms in total. The van der Waals surface area contributed by atoms with E-state index in [0.29, 0.717) is 11.5 Å². The van der Waals surface area contributed by atoms with Crippen molar-refractivity contribution in [1.29, 1.82) is 0 Å². The molecule has 0 saturated carbocycles. The molecular weight excluding hydrogens is 1920 g/mol. The Morgan fingerprint density at radius 1 is 0.306 bits per heavy atom. The van der Waals surface area contributed by atoms with Gasteiger partial charge in [-0.2, -0.15) is 0 Å². The molecular formula is C95H107Cl3F5N6O6Ru3S3+3. The molecule has 12 aromatic carbocycles. The summed E-state index contributed by atoms with van der Waals surface area (Å²) in [4.78, 5) is -1.69. The van der Waals surface area contributed by atoms with Crippen LogP contribution in [0.5, 0.6) is 0 Å². The summed E-state index contributed by atoms with van der Waals surface area (Å²) in [5.41, 5.74) is 34.5. The molecule has 0 radical (unpaired) electrons. The van der Waals surface area contributed by atoms with Gasteiger partial charge in [-0.15, -0.1) is 0 Å². The van der Waals surface area contributed by atoms with Crippen molar-refractivity contribution < 1.29 is 99.1 Å². The Morgan fingerprint density at radius 3 is 0.777 bits per heavy atom. The van der Waals surface area contributed by atoms with Crippen LogP contribution in [-0.4, -0.2) is 25.3 Å². The number of rotatable bonds is 22. The van der Waals surface area contributed by atoms with Gasteiger partial charge >= 0.3 is 81.0 Å². The molecule has 0 heterocycles. The van der Waals surface area contributed by atoms with Crippen molar-refractivity contribution in [2.24, 2.45) is 17.2 Å². The van der Waals surface area contributed by atoms with Gasteiger partial charge in [0.25, 0.3) is 0 Å². The predicted molar refractivity (Wildman–Crippen MR) is 480 cm³/mol. The second kappa shape index (κ2) is 58.0. The molecule has 6 N–H and O–H groups in total. The first-order chi connectivity index (χ1) is 56.3. The molecule has 12 aromatic rings. The fraction of sp³-hybridized carbons (Fsp3) is 0.211. The maximum absolute atomic E-state index is 14.1. The summed E-state index contributed by atoms with van der Waals surface area (Å²) in [6.45, 7) is 21.1. The average molecular weight is 2030 g/mol. The van der Waals surface area contributed by atoms with Crippen LogP contribution in [0.4, 0.5) is 22.0 Å². The van der Waals surface area contributed by atoms with E-state index in [-0.39, 0.29) is 37.6 Å². The topological polar surface area (TPSA) is 223 Å². The minimum atomic E-state index is -5.34. The average Bonchev–Trinajstić information content (AvgIpc) is 0.770. The molecule has 0 fully saturated rings. The van der Waals surface area contributed by atoms with E-state index in [4.69, 9.17) is 17.2 Å². The molecule has 6 atom stereocenters. The van der Waals surface area contributed by atoms with Crippen LogP contribution in [0.3, 0.4) is 0 Å². The fourth-order valence-corrected chi connectivity index (χ4v) is 15.3. The maximum atomic E-state index is 14.1. The number of nitrogens with two attached hydrogens (primary N) is 3. The van der Waals surface area contributed by atoms with E-state index < -0.39 is 100 Å². The summed E-state index contributed by atoms with van der Waals surface area (Å²) >= 11 is 5.47. The summed E-state index contributed by atoms with van der Waals surface area (Å²) in [5, 5.41) is 0. The van der Waals surface area contributed by atoms with Crippen molar-refractivity contribution in [3.8, 4) is 0 Å². The monoisotopic (exact) mass is 2030 g/mol. The van der Waals surface area contributed by atoms with Crippen molar-refractivity contribution >= 4 is 59.1 Å². The van der Waals surface area contributed by atoms with Crippen molar-refractivity contribution in [1.82, 2.24) is 0 Å². The van der Waals surface area contributed by atoms with E-state index in [2.05, 4.69) is 165 Å². The molecule has 0 bridgehead atoms. The van der Waals surface area contributed by atoms with Gasteiger partial charge in [-0.3, -0.25) is 0 Å². The van der Waals surface area contributed by atoms with E-state index in [0.717, 1.165) is 33.4 Å². The summed E-state index contributed by atoms with van der Waals surface area (Å²) in [6.07, 6.45) is 3.83. The molecule has 0 saturated heterocycles. The van der Waals surface area contributed by atoms with Crippen LogP contribution >= 0.6 is 29.1 Å². The fourth-order valence-electron chi connectivity index (χ4n) is 11.7. The van der Waals surface area contributed by atoms with Gasteiger partial charge in [-0.1, -0.05) is 374 Å². The van der Waals surface area contributed by atoms with Gasteiger partial charge in [0.1, 0.15) is 35.0 Å². The summed E-state index contributed by atoms with van der Waals surface area (Å²) in [6, 6.07) is 85.7. The van der Waals surface area contributed by atoms with Gasteiger partial charge < -0.3 is 53.6 Å². The van der Waals surface area contributed by atoms with Crippen molar-refractivity contribution in [3.05, 3.63) is 446 Å². The van der Waals surface area contributed by atoms with Crippen molar-refractivity contribution in [2.75, 3.05) is 0 Å². The van der Waals surface area contributed by atoms with Gasteiger partial charge in [0, 0.05) is 27.9 Å². The Kier molecular flexibility index (Phi) is 53.5. The van der Waals surface area contributed by atoms with E-state index in [1.807, 2.05) is 187 Å². The Bertz CT molecular complexity index is 5010. The van der Waals surface area contributed by atoms with E-state index >= 15 is 0 Å². The number of halogens is 8. The number of aryl methyl sites for hydroxylation is 8. The second-order valence-electron chi connectivity index (χ2n) is 27.5. The SMILES string of the molecule is CCCCc1ccc(C)cc1.Cc1cc(C)cc(C)c1.Cc1ccc(C(C)C)cc1.Cc1ccc(S(=O)(=O)[N-][C@H](c2ccccc2)[C@H](N)c2ccccc2)cc1.Cc1ccc(S(=O)(=O)[N-][C@H](c2ccccc2)[C@H](N)c2ccccc2)cc1.N[C@H](c1ccccc1)[C@H]([N-]S(=O)(=O)c1c(F)c(F)c(F)c(F)c1F)c1ccccc1.[CH3-].[CH3-].[CH3-].[Cl][Ru+3].[Cl][Ru+3].[Cl][Ru+3]. The van der Waals surface area contributed by atoms with Crippen LogP contribution in [0.25, 0.3) is 14.2 Å². The molecule has 0 aliphatic heterocycles. The third-order valence-corrected chi connectivity index (χ3v) is 22.0. The van der Waals surface area contributed by atoms with Gasteiger partial charge in [0.2, 0.25) is 5.82 Å². The quantitative estimate of drug-likeness (QED) is 0.0193. The predicted octanol–water partition coefficient (Wildman–Crippen LogP) is 26.4. The van der Waals surface area contributed by atoms with Crippen LogP contribution in [0.15, 0.2) is 312 Å². The zero-order valence-electron chi connectivity index (χ0n) is 69.8. The molecule has 12 rings (SSSR count). The van der Waals surface area contributed by atoms with Crippen LogP contribution in [0, 0.1) is 99.8 Å². The van der Waals surface area contributed by atoms with Crippen molar-refractivity contribution in [3.63, 3.8) is 0 Å². The molecule has 26 heteroatoms. The second-order valence-corrected chi connectivity index (χ2v) is 32.3. The summed E-state index contributed by atoms with van der Waals surface area (Å²) < 4.78 is 157. The molecule has 0 aliphatic rings. The number of unbranched alkanes of at least 4 members (excludes halogenated alkanes) is 1. The van der Waals surface area contributed by atoms with E-state index in [9.17, 15) is 47.2 Å². The molecule has 0 aromatic heterocycles. The number of sulfonamides is 3. The van der Waals surface area contributed by atoms with Crippen LogP contribution < -0.4 is 17.2 Å². The van der Waals surface area contributed by atoms with Crippen LogP contribution in [0.2, 0.25) is 0 Å². The zero-order valence-corrected chi connectivity index (χ0v) is 79.7. The number of hydrogen-bond acceptors (Lipinski definition) is 9. The van der Waals surface area contributed by atoms with E-state index in [1.54, 1.807) is 97.1 Å². The standard InChI is InChI=1S/2C21H21N2O2S.C20H14F5N2O2S.C11H16.C10H14.C9H12.3CH3.3ClH.3Ru/c2*1-16-12-14-19(15-13-16)26(24,25)23-21(18-10-6-3-7-11-18)20(22)17-8-4-2-5-9-17;21-13-14(22)16(24)20(17(25)15(13)23)30(28,29)27-19(12-9-5-2-6-10-12)18(26)11-7-3-1-4-8-11;1-3-4-5-11-8-6-10(2)7-9-11;1-8(2)10-6-4-9(3)5-7-10;1-7-4-8(2)6-9(3)5-7;;;;;;;;;/h2*2-15,20-21H,22H2,1H3;1-10,18-19H,26H2;6-9H,3-5H2,1-2H3;4-8H,1-3H3;4-6H,1-3H3;3*1H3;3*1H;;;/q3*-1;;;;3*-1;;;;3*+4/p-3/t2*20-,21-;18-,19-;;;;;;;;;;;;/m111............/s1. The molecule has 0 aliphatic carbocycles. The normalized spacial score (nSPS) is 12.0. The Balaban J connectivity index is 0.000000748. The van der Waals surface area contributed by atoms with Gasteiger partial charge in [0.05, 0.1) is 0 Å². The minimum absolute atomic E-state index is 0. The summed E-state index contributed by atoms with van der Waals surface area (Å²) in [7, 11) is 0.706. The van der Waals surface area contributed by atoms with E-state index in [1.165, 1.54) is 70.3 Å². The molecule has 648 valence electrons. The van der Waals surface area contributed by atoms with Gasteiger partial charge in [-0.05, 0) is 119 Å². The molecule has 0 unspecified atom stereocenters. The molecule has 0 spiro atoms. The summed E-state index contributed by atoms with van der Waals surface area (Å²) in [5.74, 6) is -11.6. The van der Waals surface area contributed by atoms with Gasteiger partial charge in [-0.25, -0.2) is 47.2 Å². The third kappa shape index (κ3) is 36.8. The first kappa shape index (κ1) is 112. The first-order valence-electron chi connectivity index (χ1n) is 37.0. The zero-order chi connectivity index (χ0) is 87.7. The Labute approximate surface area is 760 Å². The first-order valence-corrected chi connectivity index (χ1v) is 48.0. The molecule has 121 heavy (non-hydrogen) atoms. The number of hydrogen-bond donors (Lipinski definition) is 3. The Hall–Kier alpha value is -7.36. The number of nitrogens with zero attached hydrogens (tertiary/aromatic N) is 3. The number of benzene rings is 12. The Morgan fingerprint density at radius 2 is 0.529 bits per heavy atom.